The quantitative estimate of drug-likeness (QED) is 0.0411. The van der Waals surface area contributed by atoms with Crippen molar-refractivity contribution in [2.45, 2.75) is 126 Å². The summed E-state index contributed by atoms with van der Waals surface area (Å²) in [6, 6.07) is -2.58. The van der Waals surface area contributed by atoms with Crippen LogP contribution in [0, 0.1) is 0 Å². The first-order valence-electron chi connectivity index (χ1n) is 15.1. The van der Waals surface area contributed by atoms with Crippen molar-refractivity contribution in [2.75, 3.05) is 19.8 Å². The molecule has 0 aliphatic carbocycles. The van der Waals surface area contributed by atoms with Crippen LogP contribution in [-0.2, 0) is 42.9 Å². The highest BCUT2D eigenvalue weighted by molar-refractivity contribution is 7.82. The van der Waals surface area contributed by atoms with Crippen LogP contribution in [0.4, 0.5) is 0 Å². The van der Waals surface area contributed by atoms with Crippen LogP contribution in [0.25, 0.3) is 0 Å². The SMILES string of the molecule is CCCC(NC(=O)[C@@](S)(CC)OCC)C(=O)O[C@@H]([C@H](O)[C@@H](O)C(=O)O)[C@@H](CN)OC(=O)C(CCC)NC(=O)[C@@](S)(CC)OCC. The summed E-state index contributed by atoms with van der Waals surface area (Å²) < 4.78 is 21.7. The van der Waals surface area contributed by atoms with E-state index in [4.69, 9.17) is 24.7 Å². The Balaban J connectivity index is 6.32. The topological polar surface area (TPSA) is 233 Å². The fourth-order valence-electron chi connectivity index (χ4n) is 4.14. The molecule has 45 heavy (non-hydrogen) atoms. The molecule has 0 spiro atoms. The number of hydrogen-bond donors (Lipinski definition) is 8. The molecule has 8 atom stereocenters. The van der Waals surface area contributed by atoms with Gasteiger partial charge in [-0.1, -0.05) is 40.5 Å². The van der Waals surface area contributed by atoms with Gasteiger partial charge in [-0.15, -0.1) is 25.3 Å². The number of carboxylic acids is 1. The fraction of sp³-hybridized carbons (Fsp3) is 0.821. The number of hydrogen-bond acceptors (Lipinski definition) is 14. The number of ether oxygens (including phenoxy) is 4. The summed E-state index contributed by atoms with van der Waals surface area (Å²) >= 11 is 8.60. The van der Waals surface area contributed by atoms with Crippen LogP contribution in [0.3, 0.4) is 0 Å². The molecule has 0 rings (SSSR count). The van der Waals surface area contributed by atoms with Crippen LogP contribution in [0.2, 0.25) is 0 Å². The molecule has 2 amide bonds. The third-order valence-electron chi connectivity index (χ3n) is 6.80. The van der Waals surface area contributed by atoms with Crippen molar-refractivity contribution in [3.8, 4) is 0 Å². The Hall–Kier alpha value is -2.15. The van der Waals surface area contributed by atoms with Gasteiger partial charge >= 0.3 is 17.9 Å². The number of amides is 2. The van der Waals surface area contributed by atoms with Gasteiger partial charge in [0.25, 0.3) is 11.8 Å². The Morgan fingerprint density at radius 3 is 1.47 bits per heavy atom. The number of carbonyl (C=O) groups excluding carboxylic acids is 4. The zero-order chi connectivity index (χ0) is 35.0. The minimum absolute atomic E-state index is 0.0506. The molecule has 2 unspecified atom stereocenters. The lowest BCUT2D eigenvalue weighted by Crippen LogP contribution is -2.57. The molecular formula is C28H51N3O12S2. The third kappa shape index (κ3) is 12.9. The lowest BCUT2D eigenvalue weighted by molar-refractivity contribution is -0.190. The van der Waals surface area contributed by atoms with Crippen molar-refractivity contribution in [3.63, 3.8) is 0 Å². The Morgan fingerprint density at radius 1 is 0.756 bits per heavy atom. The van der Waals surface area contributed by atoms with Crippen LogP contribution in [-0.4, -0.2) is 111 Å². The molecule has 0 fully saturated rings. The molecule has 0 aliphatic heterocycles. The van der Waals surface area contributed by atoms with Gasteiger partial charge in [0, 0.05) is 19.8 Å². The first-order valence-corrected chi connectivity index (χ1v) is 16.0. The Labute approximate surface area is 275 Å². The van der Waals surface area contributed by atoms with Crippen LogP contribution >= 0.6 is 25.3 Å². The van der Waals surface area contributed by atoms with Crippen LogP contribution in [0.1, 0.15) is 80.1 Å². The highest BCUT2D eigenvalue weighted by atomic mass is 32.1. The van der Waals surface area contributed by atoms with Gasteiger partial charge in [-0.25, -0.2) is 14.4 Å². The average Bonchev–Trinajstić information content (AvgIpc) is 3.00. The van der Waals surface area contributed by atoms with Crippen molar-refractivity contribution in [3.05, 3.63) is 0 Å². The molecule has 0 bridgehead atoms. The molecule has 0 heterocycles. The summed E-state index contributed by atoms with van der Waals surface area (Å²) in [5.74, 6) is -5.49. The van der Waals surface area contributed by atoms with E-state index < -0.39 is 82.6 Å². The molecular weight excluding hydrogens is 634 g/mol. The van der Waals surface area contributed by atoms with E-state index in [2.05, 4.69) is 35.9 Å². The first kappa shape index (κ1) is 42.9. The van der Waals surface area contributed by atoms with Gasteiger partial charge in [0.2, 0.25) is 0 Å². The highest BCUT2D eigenvalue weighted by Gasteiger charge is 2.44. The van der Waals surface area contributed by atoms with E-state index in [1.165, 1.54) is 0 Å². The van der Waals surface area contributed by atoms with Crippen LogP contribution in [0.5, 0.6) is 0 Å². The van der Waals surface area contributed by atoms with E-state index in [0.29, 0.717) is 12.8 Å². The number of aliphatic hydroxyl groups is 2. The van der Waals surface area contributed by atoms with Gasteiger partial charge in [0.1, 0.15) is 18.2 Å². The Bertz CT molecular complexity index is 977. The van der Waals surface area contributed by atoms with E-state index in [1.54, 1.807) is 41.5 Å². The van der Waals surface area contributed by atoms with Crippen LogP contribution in [0.15, 0.2) is 0 Å². The molecule has 0 saturated carbocycles. The third-order valence-corrected chi connectivity index (χ3v) is 8.10. The second-order valence-corrected chi connectivity index (χ2v) is 11.6. The number of rotatable bonds is 23. The van der Waals surface area contributed by atoms with Gasteiger partial charge in [-0.2, -0.15) is 0 Å². The van der Waals surface area contributed by atoms with Crippen molar-refractivity contribution >= 4 is 55.0 Å². The first-order chi connectivity index (χ1) is 21.1. The lowest BCUT2D eigenvalue weighted by atomic mass is 10.0. The summed E-state index contributed by atoms with van der Waals surface area (Å²) in [6.45, 7) is 9.82. The van der Waals surface area contributed by atoms with E-state index in [0.717, 1.165) is 0 Å². The zero-order valence-electron chi connectivity index (χ0n) is 26.8. The largest absolute Gasteiger partial charge is 0.479 e. The standard InChI is InChI=1S/C28H51N3O12S2/c1-7-13-16(30-25(38)27(44,9-3)40-11-5)23(36)42-18(15-29)21(19(32)20(33)22(34)35)43-24(37)17(14-8-2)31-26(39)28(45,10-4)41-12-6/h16-21,32-33,44-45H,7-15,29H2,1-6H3,(H,30,38)(H,31,39)(H,34,35)/t16?,17?,18-,19-,20-,21-,27+,28+/m1/s1. The molecule has 0 radical (unpaired) electrons. The molecule has 17 heteroatoms. The summed E-state index contributed by atoms with van der Waals surface area (Å²) in [7, 11) is 0. The van der Waals surface area contributed by atoms with Gasteiger partial charge in [0.05, 0.1) is 0 Å². The van der Waals surface area contributed by atoms with E-state index in [9.17, 15) is 39.3 Å². The fourth-order valence-corrected chi connectivity index (χ4v) is 4.53. The summed E-state index contributed by atoms with van der Waals surface area (Å²) in [4.78, 5) is 60.9. The predicted molar refractivity (Wildman–Crippen MR) is 169 cm³/mol. The Morgan fingerprint density at radius 2 is 1.16 bits per heavy atom. The van der Waals surface area contributed by atoms with Crippen molar-refractivity contribution < 1.29 is 58.2 Å². The van der Waals surface area contributed by atoms with Crippen molar-refractivity contribution in [2.24, 2.45) is 5.73 Å². The lowest BCUT2D eigenvalue weighted by Gasteiger charge is -2.34. The maximum Gasteiger partial charge on any atom is 0.335 e. The minimum atomic E-state index is -2.48. The highest BCUT2D eigenvalue weighted by Crippen LogP contribution is 2.24. The summed E-state index contributed by atoms with van der Waals surface area (Å²) in [5.41, 5.74) is 5.82. The number of nitrogens with one attached hydrogen (secondary N) is 2. The zero-order valence-corrected chi connectivity index (χ0v) is 28.6. The average molecular weight is 686 g/mol. The maximum atomic E-state index is 13.3. The normalized spacial score (nSPS) is 18.1. The van der Waals surface area contributed by atoms with Gasteiger partial charge in [0.15, 0.2) is 28.2 Å². The van der Waals surface area contributed by atoms with E-state index in [-0.39, 0.29) is 38.9 Å². The molecule has 0 aromatic carbocycles. The maximum absolute atomic E-state index is 13.3. The van der Waals surface area contributed by atoms with Gasteiger partial charge < -0.3 is 50.6 Å². The monoisotopic (exact) mass is 685 g/mol. The second kappa shape index (κ2) is 20.9. The number of aliphatic hydroxyl groups excluding tert-OH is 2. The molecule has 0 aromatic heterocycles. The second-order valence-electron chi connectivity index (χ2n) is 10.2. The molecule has 7 N–H and O–H groups in total. The molecule has 0 saturated heterocycles. The molecule has 0 aliphatic rings. The molecule has 15 nitrogen and oxygen atoms in total. The number of carboxylic acid groups (broad SMARTS) is 1. The number of nitrogens with two attached hydrogens (primary N) is 1. The number of esters is 2. The molecule has 262 valence electrons. The summed E-state index contributed by atoms with van der Waals surface area (Å²) in [5, 5.41) is 35.2. The van der Waals surface area contributed by atoms with E-state index in [1.807, 2.05) is 0 Å². The number of aliphatic carboxylic acids is 1. The van der Waals surface area contributed by atoms with Crippen molar-refractivity contribution in [1.29, 1.82) is 0 Å². The van der Waals surface area contributed by atoms with Crippen LogP contribution < -0.4 is 16.4 Å². The van der Waals surface area contributed by atoms with Crippen molar-refractivity contribution in [1.82, 2.24) is 10.6 Å². The smallest absolute Gasteiger partial charge is 0.335 e. The predicted octanol–water partition coefficient (Wildman–Crippen LogP) is 0.290. The number of thiol groups is 2. The minimum Gasteiger partial charge on any atom is -0.479 e. The van der Waals surface area contributed by atoms with Gasteiger partial charge in [-0.3, -0.25) is 9.59 Å². The van der Waals surface area contributed by atoms with E-state index >= 15 is 0 Å². The molecule has 0 aromatic rings. The summed E-state index contributed by atoms with van der Waals surface area (Å²) in [6.07, 6.45) is -7.25. The Kier molecular flexibility index (Phi) is 19.9. The number of carbonyl (C=O) groups is 5. The van der Waals surface area contributed by atoms with Gasteiger partial charge in [-0.05, 0) is 39.5 Å².